The number of nitrogens with two attached hydrogens (primary N) is 1. The predicted octanol–water partition coefficient (Wildman–Crippen LogP) is 2.59. The van der Waals surface area contributed by atoms with Crippen molar-refractivity contribution in [3.8, 4) is 11.1 Å². The Labute approximate surface area is 207 Å². The van der Waals surface area contributed by atoms with Crippen molar-refractivity contribution in [2.45, 2.75) is 37.1 Å². The van der Waals surface area contributed by atoms with Gasteiger partial charge in [-0.25, -0.2) is 4.39 Å². The van der Waals surface area contributed by atoms with Gasteiger partial charge in [0.2, 0.25) is 0 Å². The summed E-state index contributed by atoms with van der Waals surface area (Å²) >= 11 is 0. The Kier molecular flexibility index (Phi) is 8.66. The van der Waals surface area contributed by atoms with Crippen LogP contribution in [-0.2, 0) is 10.3 Å². The molecule has 0 unspecified atom stereocenters. The fourth-order valence-corrected chi connectivity index (χ4v) is 4.08. The van der Waals surface area contributed by atoms with Crippen molar-refractivity contribution in [1.82, 2.24) is 5.32 Å². The number of benzene rings is 3. The fourth-order valence-electron chi connectivity index (χ4n) is 4.08. The van der Waals surface area contributed by atoms with Crippen LogP contribution in [0.1, 0.15) is 48.3 Å². The Morgan fingerprint density at radius 2 is 1.76 bits per heavy atom. The third kappa shape index (κ3) is 5.38. The summed E-state index contributed by atoms with van der Waals surface area (Å²) in [7, 11) is 0. The van der Waals surface area contributed by atoms with Crippen LogP contribution in [0.15, 0.2) is 66.7 Å². The van der Waals surface area contributed by atoms with Crippen LogP contribution in [0.5, 0.6) is 0 Å². The Hall–Kier alpha value is -2.87. The SMILES string of the molecule is C[C@@](N[C-]=N)(c1cccc(-c2ccc(F)c(N)c2)c1)[C@@H]([C-]=O)c1ccc(C2CC2)cc1.[CH3-].[Li+]. The van der Waals surface area contributed by atoms with Crippen molar-refractivity contribution in [2.75, 3.05) is 5.73 Å². The van der Waals surface area contributed by atoms with Gasteiger partial charge < -0.3 is 35.0 Å². The third-order valence-corrected chi connectivity index (χ3v) is 6.13. The molecule has 0 aliphatic heterocycles. The molecule has 1 fully saturated rings. The van der Waals surface area contributed by atoms with E-state index in [9.17, 15) is 9.18 Å². The van der Waals surface area contributed by atoms with Crippen LogP contribution in [0.4, 0.5) is 10.1 Å². The smallest absolute Gasteiger partial charge is 0.544 e. The molecule has 0 spiro atoms. The van der Waals surface area contributed by atoms with E-state index in [-0.39, 0.29) is 32.0 Å². The molecule has 0 amide bonds. The molecule has 166 valence electrons. The first-order valence-corrected chi connectivity index (χ1v) is 10.3. The molecular formula is C27H27FLiN3O-2. The van der Waals surface area contributed by atoms with Gasteiger partial charge in [-0.2, -0.15) is 0 Å². The second-order valence-corrected chi connectivity index (χ2v) is 8.26. The summed E-state index contributed by atoms with van der Waals surface area (Å²) in [6, 6.07) is 20.2. The van der Waals surface area contributed by atoms with E-state index in [1.165, 1.54) is 24.5 Å². The molecule has 0 radical (unpaired) electrons. The minimum Gasteiger partial charge on any atom is -0.544 e. The Balaban J connectivity index is 0.00000193. The molecule has 33 heavy (non-hydrogen) atoms. The third-order valence-electron chi connectivity index (χ3n) is 6.13. The molecule has 0 aromatic heterocycles. The number of hydrogen-bond acceptors (Lipinski definition) is 3. The molecule has 1 aliphatic carbocycles. The number of carbonyl (C=O) groups excluding carboxylic acids is 1. The van der Waals surface area contributed by atoms with Gasteiger partial charge in [-0.15, -0.1) is 0 Å². The first-order chi connectivity index (χ1) is 15.0. The quantitative estimate of drug-likeness (QED) is 0.127. The predicted molar refractivity (Wildman–Crippen MR) is 128 cm³/mol. The Bertz CT molecular complexity index is 1110. The Morgan fingerprint density at radius 3 is 2.33 bits per heavy atom. The van der Waals surface area contributed by atoms with Gasteiger partial charge in [-0.3, -0.25) is 6.29 Å². The maximum Gasteiger partial charge on any atom is 1.00 e. The molecule has 0 bridgehead atoms. The average molecular weight is 435 g/mol. The molecule has 1 aliphatic rings. The van der Waals surface area contributed by atoms with Crippen molar-refractivity contribution in [3.05, 3.63) is 96.7 Å². The van der Waals surface area contributed by atoms with Crippen LogP contribution in [0.3, 0.4) is 0 Å². The molecule has 6 heteroatoms. The summed E-state index contributed by atoms with van der Waals surface area (Å²) in [6.07, 6.45) is 6.86. The second-order valence-electron chi connectivity index (χ2n) is 8.26. The average Bonchev–Trinajstić information content (AvgIpc) is 3.62. The molecule has 1 saturated carbocycles. The van der Waals surface area contributed by atoms with Crippen molar-refractivity contribution < 1.29 is 28.0 Å². The van der Waals surface area contributed by atoms with Gasteiger partial charge in [0, 0.05) is 5.54 Å². The number of rotatable bonds is 8. The summed E-state index contributed by atoms with van der Waals surface area (Å²) in [6.45, 7) is 1.86. The Morgan fingerprint density at radius 1 is 1.09 bits per heavy atom. The zero-order chi connectivity index (χ0) is 22.0. The minimum atomic E-state index is -0.952. The zero-order valence-corrected chi connectivity index (χ0v) is 19.3. The summed E-state index contributed by atoms with van der Waals surface area (Å²) in [4.78, 5) is 12.2. The van der Waals surface area contributed by atoms with Crippen LogP contribution in [-0.4, -0.2) is 12.6 Å². The number of nitrogen functional groups attached to an aromatic ring is 1. The maximum absolute atomic E-state index is 13.6. The van der Waals surface area contributed by atoms with Crippen molar-refractivity contribution >= 4 is 18.3 Å². The van der Waals surface area contributed by atoms with Crippen molar-refractivity contribution in [2.24, 2.45) is 0 Å². The molecule has 3 aromatic carbocycles. The van der Waals surface area contributed by atoms with E-state index in [1.807, 2.05) is 43.3 Å². The van der Waals surface area contributed by atoms with Gasteiger partial charge >= 0.3 is 18.9 Å². The first kappa shape index (κ1) is 26.4. The van der Waals surface area contributed by atoms with Crippen LogP contribution in [0, 0.1) is 18.7 Å². The molecule has 3 aromatic rings. The second kappa shape index (κ2) is 10.8. The number of halogens is 1. The first-order valence-electron chi connectivity index (χ1n) is 10.3. The number of hydrogen-bond donors (Lipinski definition) is 3. The van der Waals surface area contributed by atoms with E-state index >= 15 is 0 Å². The summed E-state index contributed by atoms with van der Waals surface area (Å²) in [5.74, 6) is -0.492. The van der Waals surface area contributed by atoms with Gasteiger partial charge in [0.25, 0.3) is 0 Å². The molecule has 0 saturated heterocycles. The maximum atomic E-state index is 13.6. The standard InChI is InChI=1S/C26H24FN3O.CH3.Li/c1-26(30-16-28,23(15-31)19-9-7-18(8-10-19)17-5-6-17)22-4-2-3-20(13-22)21-11-12-24(27)25(29)14-21;;/h2-4,7-14,17,23H,5-6,29H2,1H3,(H2,28,30);1H3;/q-2;-1;+1/t23-,26+;;/m0../s1. The largest absolute Gasteiger partial charge is 1.00 e. The van der Waals surface area contributed by atoms with Crippen LogP contribution < -0.4 is 29.9 Å². The van der Waals surface area contributed by atoms with E-state index < -0.39 is 17.3 Å². The van der Waals surface area contributed by atoms with Crippen LogP contribution in [0.25, 0.3) is 11.1 Å². The molecular weight excluding hydrogens is 408 g/mol. The monoisotopic (exact) mass is 435 g/mol. The summed E-state index contributed by atoms with van der Waals surface area (Å²) < 4.78 is 13.6. The summed E-state index contributed by atoms with van der Waals surface area (Å²) in [5.41, 5.74) is 9.35. The van der Waals surface area contributed by atoms with E-state index in [2.05, 4.69) is 30.1 Å². The van der Waals surface area contributed by atoms with E-state index in [4.69, 9.17) is 11.1 Å². The van der Waals surface area contributed by atoms with Crippen molar-refractivity contribution in [3.63, 3.8) is 0 Å². The molecule has 2 atom stereocenters. The number of anilines is 1. The van der Waals surface area contributed by atoms with Crippen LogP contribution >= 0.6 is 0 Å². The van der Waals surface area contributed by atoms with E-state index in [1.54, 1.807) is 12.1 Å². The van der Waals surface area contributed by atoms with Crippen molar-refractivity contribution in [1.29, 1.82) is 5.41 Å². The molecule has 0 heterocycles. The molecule has 4 nitrogen and oxygen atoms in total. The van der Waals surface area contributed by atoms with E-state index in [0.29, 0.717) is 5.92 Å². The summed E-state index contributed by atoms with van der Waals surface area (Å²) in [5, 5.41) is 10.5. The van der Waals surface area contributed by atoms with Crippen LogP contribution in [0.2, 0.25) is 0 Å². The minimum absolute atomic E-state index is 0. The van der Waals surface area contributed by atoms with E-state index in [0.717, 1.165) is 22.3 Å². The number of nitrogens with one attached hydrogen (secondary N) is 2. The molecule has 4 N–H and O–H groups in total. The van der Waals surface area contributed by atoms with Gasteiger partial charge in [0.05, 0.1) is 5.69 Å². The topological polar surface area (TPSA) is 79.0 Å². The van der Waals surface area contributed by atoms with Gasteiger partial charge in [-0.05, 0) is 66.1 Å². The zero-order valence-electron chi connectivity index (χ0n) is 19.3. The van der Waals surface area contributed by atoms with Gasteiger partial charge in [-0.1, -0.05) is 60.0 Å². The molecule has 4 rings (SSSR count). The van der Waals surface area contributed by atoms with Gasteiger partial charge in [0.1, 0.15) is 5.82 Å². The normalized spacial score (nSPS) is 15.2. The fraction of sp³-hybridized carbons (Fsp3) is 0.222. The van der Waals surface area contributed by atoms with Gasteiger partial charge in [0.15, 0.2) is 0 Å².